The van der Waals surface area contributed by atoms with Gasteiger partial charge in [0, 0.05) is 5.39 Å². The summed E-state index contributed by atoms with van der Waals surface area (Å²) in [5, 5.41) is 0.794. The molecule has 0 saturated carbocycles. The number of hydrogen-bond donors (Lipinski definition) is 0. The Balaban J connectivity index is 1.68. The van der Waals surface area contributed by atoms with Crippen LogP contribution in [0.4, 0.5) is 4.39 Å². The molecule has 1 aromatic heterocycles. The maximum absolute atomic E-state index is 13.4. The highest BCUT2D eigenvalue weighted by Crippen LogP contribution is 2.19. The zero-order valence-electron chi connectivity index (χ0n) is 12.3. The van der Waals surface area contributed by atoms with Crippen LogP contribution in [0.3, 0.4) is 0 Å². The molecule has 0 aliphatic heterocycles. The van der Waals surface area contributed by atoms with E-state index in [0.717, 1.165) is 11.5 Å². The van der Waals surface area contributed by atoms with Crippen molar-refractivity contribution >= 4 is 22.7 Å². The van der Waals surface area contributed by atoms with Gasteiger partial charge < -0.3 is 9.15 Å². The van der Waals surface area contributed by atoms with Crippen LogP contribution in [0.2, 0.25) is 0 Å². The number of hydrogen-bond acceptors (Lipinski definition) is 4. The highest BCUT2D eigenvalue weighted by molar-refractivity contribution is 6.00. The van der Waals surface area contributed by atoms with E-state index in [1.807, 2.05) is 12.1 Å². The molecule has 0 saturated heterocycles. The quantitative estimate of drug-likeness (QED) is 0.541. The first-order chi connectivity index (χ1) is 11.0. The number of furan rings is 1. The van der Waals surface area contributed by atoms with Crippen molar-refractivity contribution in [2.75, 3.05) is 6.61 Å². The maximum atomic E-state index is 13.4. The molecule has 0 aliphatic carbocycles. The Morgan fingerprint density at radius 1 is 1.13 bits per heavy atom. The number of fused-ring (bicyclic) bond motifs is 1. The molecule has 0 spiro atoms. The van der Waals surface area contributed by atoms with E-state index in [1.165, 1.54) is 12.1 Å². The lowest BCUT2D eigenvalue weighted by molar-refractivity contribution is 0.0468. The van der Waals surface area contributed by atoms with Crippen LogP contribution in [-0.2, 0) is 4.74 Å². The molecule has 0 atom stereocenters. The monoisotopic (exact) mass is 312 g/mol. The third kappa shape index (κ3) is 3.13. The lowest BCUT2D eigenvalue weighted by Crippen LogP contribution is -2.14. The summed E-state index contributed by atoms with van der Waals surface area (Å²) in [4.78, 5) is 23.9. The van der Waals surface area contributed by atoms with Crippen LogP contribution in [0.15, 0.2) is 52.9 Å². The fraction of sp³-hybridized carbons (Fsp3) is 0.111. The summed E-state index contributed by atoms with van der Waals surface area (Å²) in [5.74, 6) is -1.59. The first kappa shape index (κ1) is 15.0. The minimum absolute atomic E-state index is 0.0607. The van der Waals surface area contributed by atoms with Crippen molar-refractivity contribution in [2.45, 2.75) is 6.92 Å². The molecule has 0 aliphatic rings. The number of benzene rings is 2. The molecule has 0 fully saturated rings. The van der Waals surface area contributed by atoms with Crippen molar-refractivity contribution < 1.29 is 23.1 Å². The van der Waals surface area contributed by atoms with Crippen molar-refractivity contribution in [3.8, 4) is 0 Å². The third-order valence-corrected chi connectivity index (χ3v) is 3.44. The topological polar surface area (TPSA) is 56.5 Å². The number of esters is 1. The van der Waals surface area contributed by atoms with Crippen LogP contribution in [-0.4, -0.2) is 18.4 Å². The number of carbonyl (C=O) groups excluding carboxylic acids is 2. The smallest absolute Gasteiger partial charge is 0.338 e. The Kier molecular flexibility index (Phi) is 3.93. The Bertz CT molecular complexity index is 862. The van der Waals surface area contributed by atoms with Gasteiger partial charge in [0.15, 0.2) is 12.4 Å². The molecule has 3 rings (SSSR count). The standard InChI is InChI=1S/C18H13FO4/c1-11-6-7-13(8-14(11)19)18(21)22-10-15(20)17-9-12-4-2-3-5-16(12)23-17/h2-9H,10H2,1H3. The summed E-state index contributed by atoms with van der Waals surface area (Å²) in [5.41, 5.74) is 1.08. The zero-order valence-corrected chi connectivity index (χ0v) is 12.3. The summed E-state index contributed by atoms with van der Waals surface area (Å²) in [6.45, 7) is 1.13. The second kappa shape index (κ2) is 6.04. The fourth-order valence-electron chi connectivity index (χ4n) is 2.12. The van der Waals surface area contributed by atoms with E-state index in [2.05, 4.69) is 0 Å². The highest BCUT2D eigenvalue weighted by Gasteiger charge is 2.16. The van der Waals surface area contributed by atoms with Gasteiger partial charge in [0.2, 0.25) is 5.78 Å². The van der Waals surface area contributed by atoms with E-state index in [0.29, 0.717) is 11.1 Å². The largest absolute Gasteiger partial charge is 0.454 e. The predicted octanol–water partition coefficient (Wildman–Crippen LogP) is 3.92. The number of halogens is 1. The average molecular weight is 312 g/mol. The van der Waals surface area contributed by atoms with Crippen LogP contribution < -0.4 is 0 Å². The van der Waals surface area contributed by atoms with Crippen molar-refractivity contribution in [3.63, 3.8) is 0 Å². The fourth-order valence-corrected chi connectivity index (χ4v) is 2.12. The Morgan fingerprint density at radius 2 is 1.91 bits per heavy atom. The molecule has 23 heavy (non-hydrogen) atoms. The third-order valence-electron chi connectivity index (χ3n) is 3.44. The molecule has 116 valence electrons. The van der Waals surface area contributed by atoms with Gasteiger partial charge in [-0.2, -0.15) is 0 Å². The second-order valence-electron chi connectivity index (χ2n) is 5.11. The lowest BCUT2D eigenvalue weighted by atomic mass is 10.1. The van der Waals surface area contributed by atoms with Crippen molar-refractivity contribution in [1.82, 2.24) is 0 Å². The first-order valence-electron chi connectivity index (χ1n) is 6.99. The van der Waals surface area contributed by atoms with Crippen molar-refractivity contribution in [3.05, 3.63) is 71.2 Å². The summed E-state index contributed by atoms with van der Waals surface area (Å²) in [6, 6.07) is 12.8. The van der Waals surface area contributed by atoms with E-state index >= 15 is 0 Å². The molecular formula is C18H13FO4. The minimum Gasteiger partial charge on any atom is -0.454 e. The van der Waals surface area contributed by atoms with Gasteiger partial charge in [-0.3, -0.25) is 4.79 Å². The molecule has 0 unspecified atom stereocenters. The Hall–Kier alpha value is -2.95. The summed E-state index contributed by atoms with van der Waals surface area (Å²) >= 11 is 0. The van der Waals surface area contributed by atoms with Crippen LogP contribution in [0.1, 0.15) is 26.5 Å². The normalized spacial score (nSPS) is 10.7. The minimum atomic E-state index is -0.756. The van der Waals surface area contributed by atoms with Crippen LogP contribution in [0, 0.1) is 12.7 Å². The summed E-state index contributed by atoms with van der Waals surface area (Å²) in [7, 11) is 0. The van der Waals surface area contributed by atoms with Crippen molar-refractivity contribution in [2.24, 2.45) is 0 Å². The molecule has 1 heterocycles. The highest BCUT2D eigenvalue weighted by atomic mass is 19.1. The van der Waals surface area contributed by atoms with Crippen LogP contribution in [0.25, 0.3) is 11.0 Å². The van der Waals surface area contributed by atoms with Crippen molar-refractivity contribution in [1.29, 1.82) is 0 Å². The predicted molar refractivity (Wildman–Crippen MR) is 82.0 cm³/mol. The van der Waals surface area contributed by atoms with E-state index in [9.17, 15) is 14.0 Å². The molecule has 4 nitrogen and oxygen atoms in total. The van der Waals surface area contributed by atoms with Gasteiger partial charge >= 0.3 is 5.97 Å². The number of Topliss-reactive ketones (excluding diaryl/α,β-unsaturated/α-hetero) is 1. The number of ketones is 1. The first-order valence-corrected chi connectivity index (χ1v) is 6.99. The molecule has 0 amide bonds. The van der Waals surface area contributed by atoms with Gasteiger partial charge in [-0.1, -0.05) is 24.3 Å². The van der Waals surface area contributed by atoms with Gasteiger partial charge in [-0.15, -0.1) is 0 Å². The maximum Gasteiger partial charge on any atom is 0.338 e. The summed E-state index contributed by atoms with van der Waals surface area (Å²) < 4.78 is 23.8. The summed E-state index contributed by atoms with van der Waals surface area (Å²) in [6.07, 6.45) is 0. The molecule has 2 aromatic carbocycles. The van der Waals surface area contributed by atoms with Gasteiger partial charge in [0.25, 0.3) is 0 Å². The van der Waals surface area contributed by atoms with E-state index in [1.54, 1.807) is 25.1 Å². The Morgan fingerprint density at radius 3 is 2.65 bits per heavy atom. The lowest BCUT2D eigenvalue weighted by Gasteiger charge is -2.04. The number of carbonyl (C=O) groups is 2. The van der Waals surface area contributed by atoms with Crippen LogP contribution in [0.5, 0.6) is 0 Å². The molecular weight excluding hydrogens is 299 g/mol. The van der Waals surface area contributed by atoms with E-state index in [4.69, 9.17) is 9.15 Å². The van der Waals surface area contributed by atoms with Crippen LogP contribution >= 0.6 is 0 Å². The number of ether oxygens (including phenoxy) is 1. The number of rotatable bonds is 4. The molecule has 5 heteroatoms. The molecule has 3 aromatic rings. The number of para-hydroxylation sites is 1. The second-order valence-corrected chi connectivity index (χ2v) is 5.11. The van der Waals surface area contributed by atoms with E-state index in [-0.39, 0.29) is 11.3 Å². The molecule has 0 bridgehead atoms. The SMILES string of the molecule is Cc1ccc(C(=O)OCC(=O)c2cc3ccccc3o2)cc1F. The van der Waals surface area contributed by atoms with Gasteiger partial charge in [0.1, 0.15) is 11.4 Å². The van der Waals surface area contributed by atoms with E-state index < -0.39 is 24.2 Å². The number of aryl methyl sites for hydroxylation is 1. The van der Waals surface area contributed by atoms with Gasteiger partial charge in [0.05, 0.1) is 5.56 Å². The molecule has 0 radical (unpaired) electrons. The Labute approximate surface area is 131 Å². The van der Waals surface area contributed by atoms with Gasteiger partial charge in [-0.05, 0) is 36.8 Å². The molecule has 0 N–H and O–H groups in total. The average Bonchev–Trinajstić information content (AvgIpc) is 2.99. The zero-order chi connectivity index (χ0) is 16.4. The van der Waals surface area contributed by atoms with Gasteiger partial charge in [-0.25, -0.2) is 9.18 Å².